The Morgan fingerprint density at radius 1 is 1.07 bits per heavy atom. The van der Waals surface area contributed by atoms with Crippen LogP contribution in [-0.2, 0) is 4.79 Å². The van der Waals surface area contributed by atoms with Crippen LogP contribution in [0.5, 0.6) is 5.75 Å². The van der Waals surface area contributed by atoms with Crippen molar-refractivity contribution >= 4 is 17.6 Å². The van der Waals surface area contributed by atoms with Gasteiger partial charge in [-0.1, -0.05) is 31.2 Å². The number of nitrogens with one attached hydrogen (secondary N) is 1. The molecule has 4 rings (SSSR count). The molecule has 140 valence electrons. The molecular formula is C21H23N3O3. The van der Waals surface area contributed by atoms with E-state index in [4.69, 9.17) is 4.74 Å². The lowest BCUT2D eigenvalue weighted by atomic mass is 9.85. The summed E-state index contributed by atoms with van der Waals surface area (Å²) in [5, 5.41) is 2.87. The Hall–Kier alpha value is -3.02. The van der Waals surface area contributed by atoms with Crippen LogP contribution in [-0.4, -0.2) is 48.5 Å². The third kappa shape index (κ3) is 3.23. The van der Waals surface area contributed by atoms with Crippen molar-refractivity contribution in [2.75, 3.05) is 32.1 Å². The topological polar surface area (TPSA) is 61.9 Å². The van der Waals surface area contributed by atoms with E-state index in [-0.39, 0.29) is 24.5 Å². The second kappa shape index (κ2) is 6.95. The normalized spacial score (nSPS) is 21.3. The molecule has 1 saturated heterocycles. The molecule has 6 heteroatoms. The molecule has 1 fully saturated rings. The highest BCUT2D eigenvalue weighted by Gasteiger charge is 2.40. The fraction of sp³-hybridized carbons (Fsp3) is 0.333. The summed E-state index contributed by atoms with van der Waals surface area (Å²) in [6.45, 7) is 3.45. The largest absolute Gasteiger partial charge is 0.497 e. The SMILES string of the molecule is COc1ccc(NC(=O)N2CC(=O)N3CC(C)c4ccccc4C3C2)cc1. The standard InChI is InChI=1S/C21H23N3O3/c1-14-11-24-19(18-6-4-3-5-17(14)18)12-23(13-20(24)25)21(26)22-15-7-9-16(27-2)10-8-15/h3-10,14,19H,11-13H2,1-2H3,(H,22,26). The Bertz CT molecular complexity index is 865. The van der Waals surface area contributed by atoms with Gasteiger partial charge in [-0.2, -0.15) is 0 Å². The summed E-state index contributed by atoms with van der Waals surface area (Å²) in [6.07, 6.45) is 0. The maximum absolute atomic E-state index is 12.7. The highest BCUT2D eigenvalue weighted by atomic mass is 16.5. The Morgan fingerprint density at radius 3 is 2.48 bits per heavy atom. The van der Waals surface area contributed by atoms with Gasteiger partial charge in [-0.25, -0.2) is 4.79 Å². The zero-order valence-corrected chi connectivity index (χ0v) is 15.5. The van der Waals surface area contributed by atoms with E-state index >= 15 is 0 Å². The average Bonchev–Trinajstić information content (AvgIpc) is 2.69. The van der Waals surface area contributed by atoms with Crippen LogP contribution in [0.15, 0.2) is 48.5 Å². The Morgan fingerprint density at radius 2 is 1.78 bits per heavy atom. The quantitative estimate of drug-likeness (QED) is 0.889. The van der Waals surface area contributed by atoms with Crippen LogP contribution in [0, 0.1) is 0 Å². The predicted molar refractivity (Wildman–Crippen MR) is 103 cm³/mol. The van der Waals surface area contributed by atoms with Crippen LogP contribution in [0.4, 0.5) is 10.5 Å². The Labute approximate surface area is 158 Å². The fourth-order valence-corrected chi connectivity index (χ4v) is 3.98. The van der Waals surface area contributed by atoms with Gasteiger partial charge in [-0.15, -0.1) is 0 Å². The number of methoxy groups -OCH3 is 1. The first-order valence-corrected chi connectivity index (χ1v) is 9.15. The average molecular weight is 365 g/mol. The summed E-state index contributed by atoms with van der Waals surface area (Å²) in [5.41, 5.74) is 3.09. The van der Waals surface area contributed by atoms with Crippen molar-refractivity contribution < 1.29 is 14.3 Å². The van der Waals surface area contributed by atoms with Crippen molar-refractivity contribution in [2.45, 2.75) is 18.9 Å². The van der Waals surface area contributed by atoms with Crippen molar-refractivity contribution in [1.82, 2.24) is 9.80 Å². The maximum atomic E-state index is 12.7. The van der Waals surface area contributed by atoms with E-state index in [2.05, 4.69) is 24.4 Å². The number of piperazine rings is 1. The number of hydrogen-bond acceptors (Lipinski definition) is 3. The van der Waals surface area contributed by atoms with Gasteiger partial charge in [-0.3, -0.25) is 4.79 Å². The van der Waals surface area contributed by atoms with E-state index in [1.165, 1.54) is 5.56 Å². The third-order valence-electron chi connectivity index (χ3n) is 5.40. The van der Waals surface area contributed by atoms with Crippen LogP contribution in [0.25, 0.3) is 0 Å². The van der Waals surface area contributed by atoms with Crippen LogP contribution in [0.1, 0.15) is 30.0 Å². The molecule has 0 aliphatic carbocycles. The number of carbonyl (C=O) groups excluding carboxylic acids is 2. The van der Waals surface area contributed by atoms with Crippen molar-refractivity contribution in [3.05, 3.63) is 59.7 Å². The van der Waals surface area contributed by atoms with Crippen molar-refractivity contribution in [3.8, 4) is 5.75 Å². The lowest BCUT2D eigenvalue weighted by Gasteiger charge is -2.46. The molecule has 6 nitrogen and oxygen atoms in total. The molecule has 27 heavy (non-hydrogen) atoms. The number of ether oxygens (including phenoxy) is 1. The number of carbonyl (C=O) groups is 2. The highest BCUT2D eigenvalue weighted by Crippen LogP contribution is 2.38. The van der Waals surface area contributed by atoms with Crippen molar-refractivity contribution in [3.63, 3.8) is 0 Å². The van der Waals surface area contributed by atoms with Gasteiger partial charge in [0.2, 0.25) is 5.91 Å². The highest BCUT2D eigenvalue weighted by molar-refractivity contribution is 5.93. The second-order valence-electron chi connectivity index (χ2n) is 7.13. The lowest BCUT2D eigenvalue weighted by Crippen LogP contribution is -2.56. The minimum Gasteiger partial charge on any atom is -0.497 e. The number of amides is 3. The molecule has 0 bridgehead atoms. The van der Waals surface area contributed by atoms with Crippen LogP contribution < -0.4 is 10.1 Å². The molecule has 0 radical (unpaired) electrons. The molecule has 0 saturated carbocycles. The molecule has 2 aliphatic rings. The molecule has 1 N–H and O–H groups in total. The minimum atomic E-state index is -0.260. The number of hydrogen-bond donors (Lipinski definition) is 1. The lowest BCUT2D eigenvalue weighted by molar-refractivity contribution is -0.139. The van der Waals surface area contributed by atoms with Gasteiger partial charge in [0.1, 0.15) is 12.3 Å². The molecule has 0 spiro atoms. The minimum absolute atomic E-state index is 0.00233. The van der Waals surface area contributed by atoms with Crippen molar-refractivity contribution in [2.24, 2.45) is 0 Å². The van der Waals surface area contributed by atoms with Gasteiger partial charge < -0.3 is 19.9 Å². The van der Waals surface area contributed by atoms with E-state index in [0.717, 1.165) is 11.3 Å². The summed E-state index contributed by atoms with van der Waals surface area (Å²) in [4.78, 5) is 29.0. The van der Waals surface area contributed by atoms with Gasteiger partial charge in [0.25, 0.3) is 0 Å². The molecular weight excluding hydrogens is 342 g/mol. The first-order chi connectivity index (χ1) is 13.1. The summed E-state index contributed by atoms with van der Waals surface area (Å²) in [5.74, 6) is 1.03. The monoisotopic (exact) mass is 365 g/mol. The van der Waals surface area contributed by atoms with Gasteiger partial charge in [0.05, 0.1) is 13.2 Å². The molecule has 2 aromatic rings. The number of nitrogens with zero attached hydrogens (tertiary/aromatic N) is 2. The van der Waals surface area contributed by atoms with E-state index in [1.54, 1.807) is 36.3 Å². The smallest absolute Gasteiger partial charge is 0.322 e. The molecule has 2 aliphatic heterocycles. The first kappa shape index (κ1) is 17.4. The number of urea groups is 1. The summed E-state index contributed by atoms with van der Waals surface area (Å²) >= 11 is 0. The van der Waals surface area contributed by atoms with Gasteiger partial charge in [0.15, 0.2) is 0 Å². The molecule has 2 unspecified atom stereocenters. The summed E-state index contributed by atoms with van der Waals surface area (Å²) in [6, 6.07) is 15.0. The number of benzene rings is 2. The Kier molecular flexibility index (Phi) is 4.48. The van der Waals surface area contributed by atoms with Gasteiger partial charge in [-0.05, 0) is 41.3 Å². The van der Waals surface area contributed by atoms with E-state index in [1.807, 2.05) is 17.0 Å². The fourth-order valence-electron chi connectivity index (χ4n) is 3.98. The zero-order chi connectivity index (χ0) is 19.0. The van der Waals surface area contributed by atoms with Gasteiger partial charge in [0, 0.05) is 18.8 Å². The predicted octanol–water partition coefficient (Wildman–Crippen LogP) is 3.23. The Balaban J connectivity index is 1.53. The van der Waals surface area contributed by atoms with E-state index in [9.17, 15) is 9.59 Å². The third-order valence-corrected chi connectivity index (χ3v) is 5.40. The van der Waals surface area contributed by atoms with Crippen LogP contribution >= 0.6 is 0 Å². The molecule has 0 aromatic heterocycles. The zero-order valence-electron chi connectivity index (χ0n) is 15.5. The molecule has 2 aromatic carbocycles. The summed E-state index contributed by atoms with van der Waals surface area (Å²) < 4.78 is 5.13. The van der Waals surface area contributed by atoms with Gasteiger partial charge >= 0.3 is 6.03 Å². The van der Waals surface area contributed by atoms with Crippen LogP contribution in [0.3, 0.4) is 0 Å². The molecule has 2 atom stereocenters. The first-order valence-electron chi connectivity index (χ1n) is 9.15. The summed E-state index contributed by atoms with van der Waals surface area (Å²) in [7, 11) is 1.60. The van der Waals surface area contributed by atoms with Crippen LogP contribution in [0.2, 0.25) is 0 Å². The number of fused-ring (bicyclic) bond motifs is 3. The van der Waals surface area contributed by atoms with Crippen molar-refractivity contribution in [1.29, 1.82) is 0 Å². The maximum Gasteiger partial charge on any atom is 0.322 e. The number of anilines is 1. The molecule has 3 amide bonds. The molecule has 2 heterocycles. The second-order valence-corrected chi connectivity index (χ2v) is 7.13. The number of rotatable bonds is 2. The van der Waals surface area contributed by atoms with E-state index in [0.29, 0.717) is 24.7 Å². The van der Waals surface area contributed by atoms with E-state index < -0.39 is 0 Å².